The van der Waals surface area contributed by atoms with Crippen LogP contribution in [0, 0.1) is 0 Å². The van der Waals surface area contributed by atoms with Gasteiger partial charge in [-0.2, -0.15) is 0 Å². The maximum Gasteiger partial charge on any atom is 0.230 e. The van der Waals surface area contributed by atoms with Gasteiger partial charge in [-0.05, 0) is 37.0 Å². The minimum absolute atomic E-state index is 0.0809. The number of amides is 1. The van der Waals surface area contributed by atoms with Crippen molar-refractivity contribution in [2.45, 2.75) is 31.1 Å². The average Bonchev–Trinajstić information content (AvgIpc) is 2.38. The molecule has 0 spiro atoms. The molecule has 0 bridgehead atoms. The number of carbonyl (C=O) groups is 1. The molecule has 1 aromatic carbocycles. The molecule has 0 unspecified atom stereocenters. The maximum absolute atomic E-state index is 12.4. The average molecular weight is 263 g/mol. The molecule has 1 aliphatic rings. The minimum Gasteiger partial charge on any atom is -0.497 e. The first-order valence-electron chi connectivity index (χ1n) is 6.76. The predicted molar refractivity (Wildman–Crippen MR) is 73.2 cm³/mol. The van der Waals surface area contributed by atoms with E-state index in [1.807, 2.05) is 24.3 Å². The lowest BCUT2D eigenvalue weighted by Crippen LogP contribution is -2.49. The van der Waals surface area contributed by atoms with E-state index in [2.05, 4.69) is 5.32 Å². The fourth-order valence-electron chi connectivity index (χ4n) is 2.54. The summed E-state index contributed by atoms with van der Waals surface area (Å²) in [6, 6.07) is 7.75. The van der Waals surface area contributed by atoms with E-state index >= 15 is 0 Å². The third kappa shape index (κ3) is 2.73. The number of rotatable bonds is 6. The van der Waals surface area contributed by atoms with E-state index in [1.165, 1.54) is 0 Å². The van der Waals surface area contributed by atoms with Crippen molar-refractivity contribution in [2.75, 3.05) is 20.3 Å². The summed E-state index contributed by atoms with van der Waals surface area (Å²) in [4.78, 5) is 12.4. The zero-order valence-electron chi connectivity index (χ0n) is 11.3. The molecular formula is C15H21NO3. The number of nitrogens with one attached hydrogen (secondary N) is 1. The van der Waals surface area contributed by atoms with Crippen molar-refractivity contribution in [2.24, 2.45) is 0 Å². The third-order valence-corrected chi connectivity index (χ3v) is 3.90. The number of aliphatic hydroxyl groups is 1. The molecule has 0 saturated heterocycles. The molecule has 2 rings (SSSR count). The second-order valence-corrected chi connectivity index (χ2v) is 5.00. The van der Waals surface area contributed by atoms with Crippen LogP contribution in [0.15, 0.2) is 24.3 Å². The van der Waals surface area contributed by atoms with Crippen LogP contribution in [-0.4, -0.2) is 31.3 Å². The second kappa shape index (κ2) is 6.06. The van der Waals surface area contributed by atoms with E-state index < -0.39 is 0 Å². The van der Waals surface area contributed by atoms with Gasteiger partial charge in [0.25, 0.3) is 0 Å². The number of aliphatic hydroxyl groups excluding tert-OH is 1. The van der Waals surface area contributed by atoms with Crippen LogP contribution in [0.3, 0.4) is 0 Å². The molecule has 2 N–H and O–H groups in total. The van der Waals surface area contributed by atoms with Gasteiger partial charge < -0.3 is 15.2 Å². The van der Waals surface area contributed by atoms with Crippen LogP contribution in [0.4, 0.5) is 0 Å². The summed E-state index contributed by atoms with van der Waals surface area (Å²) in [6.07, 6.45) is 3.47. The molecular weight excluding hydrogens is 242 g/mol. The smallest absolute Gasteiger partial charge is 0.230 e. The van der Waals surface area contributed by atoms with Crippen LogP contribution in [0.25, 0.3) is 0 Å². The molecule has 0 heterocycles. The lowest BCUT2D eigenvalue weighted by Gasteiger charge is -2.40. The molecule has 0 atom stereocenters. The van der Waals surface area contributed by atoms with E-state index in [4.69, 9.17) is 9.84 Å². The van der Waals surface area contributed by atoms with Gasteiger partial charge in [0.05, 0.1) is 12.5 Å². The fraction of sp³-hybridized carbons (Fsp3) is 0.533. The first-order valence-corrected chi connectivity index (χ1v) is 6.76. The Morgan fingerprint density at radius 3 is 2.53 bits per heavy atom. The molecule has 0 radical (unpaired) electrons. The molecule has 4 heteroatoms. The Balaban J connectivity index is 2.10. The van der Waals surface area contributed by atoms with Gasteiger partial charge in [0.1, 0.15) is 5.75 Å². The van der Waals surface area contributed by atoms with Gasteiger partial charge in [0.2, 0.25) is 5.91 Å². The normalized spacial score (nSPS) is 16.5. The highest BCUT2D eigenvalue weighted by molar-refractivity contribution is 5.89. The molecule has 1 fully saturated rings. The highest BCUT2D eigenvalue weighted by Crippen LogP contribution is 2.44. The van der Waals surface area contributed by atoms with Crippen molar-refractivity contribution in [1.82, 2.24) is 5.32 Å². The van der Waals surface area contributed by atoms with Crippen molar-refractivity contribution in [3.05, 3.63) is 29.8 Å². The van der Waals surface area contributed by atoms with Gasteiger partial charge in [-0.15, -0.1) is 0 Å². The maximum atomic E-state index is 12.4. The van der Waals surface area contributed by atoms with Crippen LogP contribution in [0.2, 0.25) is 0 Å². The molecule has 19 heavy (non-hydrogen) atoms. The monoisotopic (exact) mass is 263 g/mol. The minimum atomic E-state index is -0.373. The zero-order valence-corrected chi connectivity index (χ0v) is 11.3. The first kappa shape index (κ1) is 13.9. The van der Waals surface area contributed by atoms with Gasteiger partial charge >= 0.3 is 0 Å². The van der Waals surface area contributed by atoms with Crippen LogP contribution in [0.1, 0.15) is 31.2 Å². The van der Waals surface area contributed by atoms with Gasteiger partial charge in [0, 0.05) is 13.2 Å². The first-order chi connectivity index (χ1) is 9.23. The molecule has 0 aromatic heterocycles. The lowest BCUT2D eigenvalue weighted by molar-refractivity contribution is -0.129. The number of carbonyl (C=O) groups excluding carboxylic acids is 1. The number of hydrogen-bond acceptors (Lipinski definition) is 3. The Morgan fingerprint density at radius 2 is 2.05 bits per heavy atom. The zero-order chi connectivity index (χ0) is 13.7. The van der Waals surface area contributed by atoms with Gasteiger partial charge in [-0.3, -0.25) is 4.79 Å². The molecule has 4 nitrogen and oxygen atoms in total. The van der Waals surface area contributed by atoms with E-state index in [-0.39, 0.29) is 17.9 Å². The summed E-state index contributed by atoms with van der Waals surface area (Å²) < 4.78 is 5.15. The highest BCUT2D eigenvalue weighted by atomic mass is 16.5. The quantitative estimate of drug-likeness (QED) is 0.767. The number of ether oxygens (including phenoxy) is 1. The van der Waals surface area contributed by atoms with Crippen LogP contribution >= 0.6 is 0 Å². The SMILES string of the molecule is COc1ccc(C2(C(=O)NCCCO)CCC2)cc1. The van der Waals surface area contributed by atoms with E-state index in [9.17, 15) is 4.79 Å². The Hall–Kier alpha value is -1.55. The summed E-state index contributed by atoms with van der Waals surface area (Å²) in [5, 5.41) is 11.7. The fourth-order valence-corrected chi connectivity index (χ4v) is 2.54. The molecule has 104 valence electrons. The number of benzene rings is 1. The predicted octanol–water partition coefficient (Wildman–Crippen LogP) is 1.62. The van der Waals surface area contributed by atoms with E-state index in [1.54, 1.807) is 7.11 Å². The summed E-state index contributed by atoms with van der Waals surface area (Å²) in [6.45, 7) is 0.642. The van der Waals surface area contributed by atoms with Crippen molar-refractivity contribution in [1.29, 1.82) is 0 Å². The second-order valence-electron chi connectivity index (χ2n) is 5.00. The Kier molecular flexibility index (Phi) is 4.43. The summed E-state index contributed by atoms with van der Waals surface area (Å²) in [5.41, 5.74) is 0.683. The molecule has 1 amide bonds. The lowest BCUT2D eigenvalue weighted by atomic mass is 9.64. The topological polar surface area (TPSA) is 58.6 Å². The molecule has 0 aliphatic heterocycles. The highest BCUT2D eigenvalue weighted by Gasteiger charge is 2.45. The third-order valence-electron chi connectivity index (χ3n) is 3.90. The Morgan fingerprint density at radius 1 is 1.37 bits per heavy atom. The molecule has 1 aromatic rings. The molecule has 1 aliphatic carbocycles. The Labute approximate surface area is 113 Å². The van der Waals surface area contributed by atoms with Crippen molar-refractivity contribution < 1.29 is 14.6 Å². The Bertz CT molecular complexity index is 424. The molecule has 1 saturated carbocycles. The van der Waals surface area contributed by atoms with Gasteiger partial charge in [0.15, 0.2) is 0 Å². The summed E-state index contributed by atoms with van der Waals surface area (Å²) >= 11 is 0. The van der Waals surface area contributed by atoms with Crippen LogP contribution in [0.5, 0.6) is 5.75 Å². The van der Waals surface area contributed by atoms with Crippen molar-refractivity contribution in [3.8, 4) is 5.75 Å². The van der Waals surface area contributed by atoms with Crippen LogP contribution in [-0.2, 0) is 10.2 Å². The van der Waals surface area contributed by atoms with Crippen LogP contribution < -0.4 is 10.1 Å². The number of hydrogen-bond donors (Lipinski definition) is 2. The van der Waals surface area contributed by atoms with E-state index in [0.717, 1.165) is 30.6 Å². The van der Waals surface area contributed by atoms with Gasteiger partial charge in [-0.1, -0.05) is 18.6 Å². The number of methoxy groups -OCH3 is 1. The summed E-state index contributed by atoms with van der Waals surface area (Å²) in [7, 11) is 1.63. The van der Waals surface area contributed by atoms with Crippen molar-refractivity contribution in [3.63, 3.8) is 0 Å². The standard InChI is InChI=1S/C15H21NO3/c1-19-13-6-4-12(5-7-13)15(8-2-9-15)14(18)16-10-3-11-17/h4-7,17H,2-3,8-11H2,1H3,(H,16,18). The van der Waals surface area contributed by atoms with Gasteiger partial charge in [-0.25, -0.2) is 0 Å². The largest absolute Gasteiger partial charge is 0.497 e. The van der Waals surface area contributed by atoms with E-state index in [0.29, 0.717) is 13.0 Å². The van der Waals surface area contributed by atoms with Crippen molar-refractivity contribution >= 4 is 5.91 Å². The summed E-state index contributed by atoms with van der Waals surface area (Å²) in [5.74, 6) is 0.885.